The number of anilines is 1. The lowest BCUT2D eigenvalue weighted by Gasteiger charge is -2.55. The number of rotatable bonds is 8. The molecule has 0 spiro atoms. The summed E-state index contributed by atoms with van der Waals surface area (Å²) in [6, 6.07) is 20.0. The first-order chi connectivity index (χ1) is 20.9. The third-order valence-corrected chi connectivity index (χ3v) is 10.7. The molecule has 2 unspecified atom stereocenters. The van der Waals surface area contributed by atoms with Gasteiger partial charge in [-0.25, -0.2) is 9.78 Å². The quantitative estimate of drug-likeness (QED) is 0.178. The number of carboxylic acids is 1. The molecular formula is C33H28Cl2N4O3S. The van der Waals surface area contributed by atoms with Crippen molar-refractivity contribution in [2.45, 2.75) is 62.7 Å². The highest BCUT2D eigenvalue weighted by atomic mass is 35.5. The van der Waals surface area contributed by atoms with Crippen molar-refractivity contribution in [3.63, 3.8) is 0 Å². The highest BCUT2D eigenvalue weighted by Crippen LogP contribution is 2.47. The molecule has 218 valence electrons. The second-order valence-corrected chi connectivity index (χ2v) is 13.6. The number of hydrogen-bond acceptors (Lipinski definition) is 7. The number of piperidine rings is 1. The Balaban J connectivity index is 1.01. The van der Waals surface area contributed by atoms with Gasteiger partial charge in [0.15, 0.2) is 5.13 Å². The molecule has 2 atom stereocenters. The number of aromatic carboxylic acids is 1. The van der Waals surface area contributed by atoms with Crippen LogP contribution in [0.3, 0.4) is 0 Å². The molecule has 2 bridgehead atoms. The molecule has 0 radical (unpaired) electrons. The standard InChI is InChI=1S/C33H28Cl2N4O3S/c34-25-7-4-8-26(35)29(25)30-24(31(42-38-30)18-9-10-18)16-36-19-11-20-13-21(12-19)39(20)33-37-27-14-22(17-5-2-1-3-6-17)23(32(40)41)15-28(27)43-33/h1-8,14-15,18-21,36H,9-13,16H2,(H,40,41). The topological polar surface area (TPSA) is 91.5 Å². The van der Waals surface area contributed by atoms with E-state index in [1.165, 1.54) is 0 Å². The van der Waals surface area contributed by atoms with Gasteiger partial charge in [-0.3, -0.25) is 0 Å². The molecule has 2 N–H and O–H groups in total. The lowest BCUT2D eigenvalue weighted by molar-refractivity contribution is 0.0698. The van der Waals surface area contributed by atoms with Gasteiger partial charge in [-0.15, -0.1) is 0 Å². The molecule has 4 aliphatic rings. The van der Waals surface area contributed by atoms with Crippen LogP contribution in [0.5, 0.6) is 0 Å². The SMILES string of the molecule is O=C(O)c1cc2sc(N3C4CC(NCc5c(-c6c(Cl)cccc6Cl)noc5C5CC5)CC3C4)nc2cc1-c1ccccc1. The normalized spacial score (nSPS) is 21.3. The molecule has 0 amide bonds. The van der Waals surface area contributed by atoms with Gasteiger partial charge in [0.25, 0.3) is 0 Å². The number of hydrogen-bond donors (Lipinski definition) is 2. The van der Waals surface area contributed by atoms with Gasteiger partial charge in [-0.05, 0) is 67.5 Å². The van der Waals surface area contributed by atoms with E-state index < -0.39 is 5.97 Å². The van der Waals surface area contributed by atoms with E-state index in [2.05, 4.69) is 15.4 Å². The largest absolute Gasteiger partial charge is 0.478 e. The first-order valence-corrected chi connectivity index (χ1v) is 16.2. The van der Waals surface area contributed by atoms with Crippen molar-refractivity contribution in [3.05, 3.63) is 87.6 Å². The summed E-state index contributed by atoms with van der Waals surface area (Å²) in [5.74, 6) is 0.437. The first-order valence-electron chi connectivity index (χ1n) is 14.6. The van der Waals surface area contributed by atoms with Gasteiger partial charge in [-0.1, -0.05) is 76.1 Å². The van der Waals surface area contributed by atoms with Gasteiger partial charge in [-0.2, -0.15) is 0 Å². The van der Waals surface area contributed by atoms with E-state index in [1.807, 2.05) is 54.6 Å². The van der Waals surface area contributed by atoms with Gasteiger partial charge < -0.3 is 19.8 Å². The van der Waals surface area contributed by atoms with Crippen LogP contribution in [0.4, 0.5) is 5.13 Å². The Bertz CT molecular complexity index is 1840. The summed E-state index contributed by atoms with van der Waals surface area (Å²) in [6.07, 6.45) is 5.39. The molecule has 4 heterocycles. The molecule has 7 nitrogen and oxygen atoms in total. The van der Waals surface area contributed by atoms with E-state index in [0.29, 0.717) is 51.8 Å². The van der Waals surface area contributed by atoms with Crippen LogP contribution in [-0.2, 0) is 6.54 Å². The van der Waals surface area contributed by atoms with Crippen molar-refractivity contribution in [2.75, 3.05) is 4.90 Å². The third-order valence-electron chi connectivity index (χ3n) is 9.03. The fraction of sp³-hybridized carbons (Fsp3) is 0.303. The number of nitrogens with one attached hydrogen (secondary N) is 1. The average Bonchev–Trinajstić information content (AvgIpc) is 3.64. The predicted molar refractivity (Wildman–Crippen MR) is 170 cm³/mol. The molecule has 43 heavy (non-hydrogen) atoms. The summed E-state index contributed by atoms with van der Waals surface area (Å²) in [5.41, 5.74) is 5.24. The van der Waals surface area contributed by atoms with E-state index in [4.69, 9.17) is 32.7 Å². The Morgan fingerprint density at radius 1 is 1.02 bits per heavy atom. The molecule has 10 heteroatoms. The molecule has 2 aliphatic heterocycles. The Morgan fingerprint density at radius 3 is 2.47 bits per heavy atom. The van der Waals surface area contributed by atoms with Gasteiger partial charge in [0.05, 0.1) is 25.8 Å². The van der Waals surface area contributed by atoms with Crippen molar-refractivity contribution in [1.29, 1.82) is 0 Å². The lowest BCUT2D eigenvalue weighted by Crippen LogP contribution is -2.64. The number of aromatic nitrogens is 2. The van der Waals surface area contributed by atoms with E-state index >= 15 is 0 Å². The van der Waals surface area contributed by atoms with Crippen molar-refractivity contribution < 1.29 is 14.4 Å². The molecular weight excluding hydrogens is 603 g/mol. The van der Waals surface area contributed by atoms with Crippen molar-refractivity contribution in [3.8, 4) is 22.4 Å². The zero-order chi connectivity index (χ0) is 29.2. The highest BCUT2D eigenvalue weighted by Gasteiger charge is 2.46. The number of carbonyl (C=O) groups is 1. The predicted octanol–water partition coefficient (Wildman–Crippen LogP) is 8.40. The monoisotopic (exact) mass is 630 g/mol. The van der Waals surface area contributed by atoms with Crippen LogP contribution in [0, 0.1) is 0 Å². The van der Waals surface area contributed by atoms with Crippen molar-refractivity contribution in [1.82, 2.24) is 15.5 Å². The second kappa shape index (κ2) is 10.6. The molecule has 5 aromatic rings. The van der Waals surface area contributed by atoms with Gasteiger partial charge in [0.2, 0.25) is 0 Å². The smallest absolute Gasteiger partial charge is 0.336 e. The van der Waals surface area contributed by atoms with Crippen LogP contribution >= 0.6 is 34.5 Å². The fourth-order valence-electron chi connectivity index (χ4n) is 6.78. The van der Waals surface area contributed by atoms with Crippen LogP contribution in [0.2, 0.25) is 10.0 Å². The van der Waals surface area contributed by atoms with Crippen LogP contribution in [0.25, 0.3) is 32.6 Å². The molecule has 2 saturated heterocycles. The maximum absolute atomic E-state index is 12.1. The summed E-state index contributed by atoms with van der Waals surface area (Å²) < 4.78 is 6.76. The molecule has 9 rings (SSSR count). The van der Waals surface area contributed by atoms with E-state index in [-0.39, 0.29) is 0 Å². The van der Waals surface area contributed by atoms with Crippen LogP contribution in [-0.4, -0.2) is 39.3 Å². The Kier molecular flexibility index (Phi) is 6.71. The Hall–Kier alpha value is -3.43. The highest BCUT2D eigenvalue weighted by molar-refractivity contribution is 7.22. The van der Waals surface area contributed by atoms with Crippen LogP contribution in [0.15, 0.2) is 65.2 Å². The number of carboxylic acid groups (broad SMARTS) is 1. The molecule has 2 aromatic heterocycles. The first kappa shape index (κ1) is 27.1. The second-order valence-electron chi connectivity index (χ2n) is 11.8. The molecule has 4 fully saturated rings. The molecule has 2 saturated carbocycles. The third kappa shape index (κ3) is 4.81. The van der Waals surface area contributed by atoms with E-state index in [1.54, 1.807) is 17.4 Å². The molecule has 2 aliphatic carbocycles. The van der Waals surface area contributed by atoms with Crippen LogP contribution in [0.1, 0.15) is 59.7 Å². The summed E-state index contributed by atoms with van der Waals surface area (Å²) in [4.78, 5) is 19.6. The Labute approximate surface area is 262 Å². The van der Waals surface area contributed by atoms with Crippen LogP contribution < -0.4 is 10.2 Å². The van der Waals surface area contributed by atoms with E-state index in [9.17, 15) is 9.90 Å². The minimum atomic E-state index is -0.928. The molecule has 3 aromatic carbocycles. The van der Waals surface area contributed by atoms with Crippen molar-refractivity contribution in [2.24, 2.45) is 0 Å². The summed E-state index contributed by atoms with van der Waals surface area (Å²) >= 11 is 14.7. The fourth-order valence-corrected chi connectivity index (χ4v) is 8.49. The Morgan fingerprint density at radius 2 is 1.77 bits per heavy atom. The lowest BCUT2D eigenvalue weighted by atomic mass is 9.77. The summed E-state index contributed by atoms with van der Waals surface area (Å²) in [5, 5.41) is 20.3. The van der Waals surface area contributed by atoms with Gasteiger partial charge in [0, 0.05) is 41.7 Å². The summed E-state index contributed by atoms with van der Waals surface area (Å²) in [7, 11) is 0. The van der Waals surface area contributed by atoms with Gasteiger partial charge in [0.1, 0.15) is 11.5 Å². The number of thiazole rings is 1. The van der Waals surface area contributed by atoms with Crippen molar-refractivity contribution >= 4 is 55.9 Å². The number of fused-ring (bicyclic) bond motifs is 3. The maximum atomic E-state index is 12.1. The zero-order valence-corrected chi connectivity index (χ0v) is 25.4. The number of nitrogens with zero attached hydrogens (tertiary/aromatic N) is 3. The average molecular weight is 632 g/mol. The minimum Gasteiger partial charge on any atom is -0.478 e. The maximum Gasteiger partial charge on any atom is 0.336 e. The zero-order valence-electron chi connectivity index (χ0n) is 23.1. The van der Waals surface area contributed by atoms with Gasteiger partial charge >= 0.3 is 5.97 Å². The minimum absolute atomic E-state index is 0.304. The van der Waals surface area contributed by atoms with E-state index in [0.717, 1.165) is 75.6 Å². The number of halogens is 2. The summed E-state index contributed by atoms with van der Waals surface area (Å²) in [6.45, 7) is 0.650. The number of benzene rings is 3.